The Morgan fingerprint density at radius 2 is 2.12 bits per heavy atom. The molecule has 2 atom stereocenters. The molecule has 1 fully saturated rings. The number of carbonyl (C=O) groups excluding carboxylic acids is 1. The molecule has 0 bridgehead atoms. The van der Waals surface area contributed by atoms with Crippen LogP contribution in [0.2, 0.25) is 0 Å². The lowest BCUT2D eigenvalue weighted by molar-refractivity contribution is -0.122. The first-order chi connectivity index (χ1) is 10.4. The molecule has 1 amide bonds. The Labute approximate surface area is 155 Å². The molecular weight excluding hydrogens is 375 g/mol. The quantitative estimate of drug-likeness (QED) is 0.736. The van der Waals surface area contributed by atoms with Crippen LogP contribution < -0.4 is 11.1 Å². The number of halogens is 2. The van der Waals surface area contributed by atoms with Crippen LogP contribution in [0.25, 0.3) is 0 Å². The zero-order chi connectivity index (χ0) is 16.2. The zero-order valence-electron chi connectivity index (χ0n) is 13.4. The van der Waals surface area contributed by atoms with Gasteiger partial charge < -0.3 is 11.1 Å². The summed E-state index contributed by atoms with van der Waals surface area (Å²) in [6.45, 7) is 0.319. The number of amides is 1. The highest BCUT2D eigenvalue weighted by Crippen LogP contribution is 2.24. The summed E-state index contributed by atoms with van der Waals surface area (Å²) in [4.78, 5) is 15.9. The van der Waals surface area contributed by atoms with Crippen LogP contribution in [-0.4, -0.2) is 49.8 Å². The van der Waals surface area contributed by atoms with Crippen molar-refractivity contribution in [2.24, 2.45) is 11.7 Å². The van der Waals surface area contributed by atoms with E-state index in [4.69, 9.17) is 5.73 Å². The van der Waals surface area contributed by atoms with Gasteiger partial charge in [-0.1, -0.05) is 6.42 Å². The van der Waals surface area contributed by atoms with Gasteiger partial charge in [-0.05, 0) is 37.4 Å². The molecule has 1 aliphatic rings. The van der Waals surface area contributed by atoms with Crippen molar-refractivity contribution in [1.82, 2.24) is 14.6 Å². The molecule has 0 aromatic carbocycles. The second kappa shape index (κ2) is 10.1. The summed E-state index contributed by atoms with van der Waals surface area (Å²) >= 11 is 0. The van der Waals surface area contributed by atoms with Crippen LogP contribution in [0.4, 0.5) is 0 Å². The van der Waals surface area contributed by atoms with Crippen LogP contribution >= 0.6 is 24.8 Å². The maximum Gasteiger partial charge on any atom is 0.244 e. The number of nitrogens with one attached hydrogen (secondary N) is 1. The summed E-state index contributed by atoms with van der Waals surface area (Å²) < 4.78 is 25.7. The predicted molar refractivity (Wildman–Crippen MR) is 96.9 cm³/mol. The Balaban J connectivity index is 0.00000264. The second-order valence-electron chi connectivity index (χ2n) is 5.55. The fourth-order valence-electron chi connectivity index (χ4n) is 2.73. The van der Waals surface area contributed by atoms with Crippen LogP contribution in [0.15, 0.2) is 29.4 Å². The highest BCUT2D eigenvalue weighted by atomic mass is 35.5. The van der Waals surface area contributed by atoms with Crippen molar-refractivity contribution in [3.05, 3.63) is 24.5 Å². The molecule has 3 N–H and O–H groups in total. The molecule has 1 heterocycles. The summed E-state index contributed by atoms with van der Waals surface area (Å²) in [6, 6.07) is 3.05. The molecule has 1 aromatic heterocycles. The number of nitrogens with zero attached hydrogens (tertiary/aromatic N) is 2. The molecule has 1 saturated carbocycles. The number of aromatic nitrogens is 1. The number of pyridine rings is 1. The average molecular weight is 399 g/mol. The van der Waals surface area contributed by atoms with Crippen molar-refractivity contribution in [2.45, 2.75) is 30.2 Å². The highest BCUT2D eigenvalue weighted by Gasteiger charge is 2.29. The first kappa shape index (κ1) is 23.1. The van der Waals surface area contributed by atoms with E-state index in [1.165, 1.54) is 25.5 Å². The minimum atomic E-state index is -3.70. The van der Waals surface area contributed by atoms with Crippen molar-refractivity contribution in [1.29, 1.82) is 0 Å². The van der Waals surface area contributed by atoms with Gasteiger partial charge in [-0.25, -0.2) is 8.42 Å². The van der Waals surface area contributed by atoms with Crippen molar-refractivity contribution in [3.8, 4) is 0 Å². The number of likely N-dealkylation sites (N-methyl/N-ethyl adjacent to an activating group) is 1. The zero-order valence-corrected chi connectivity index (χ0v) is 15.9. The smallest absolute Gasteiger partial charge is 0.244 e. The minimum absolute atomic E-state index is 0. The van der Waals surface area contributed by atoms with Gasteiger partial charge in [-0.15, -0.1) is 24.8 Å². The van der Waals surface area contributed by atoms with Crippen LogP contribution in [0.5, 0.6) is 0 Å². The first-order valence-electron chi connectivity index (χ1n) is 7.31. The maximum absolute atomic E-state index is 12.3. The van der Waals surface area contributed by atoms with Crippen LogP contribution in [0.3, 0.4) is 0 Å². The fourth-order valence-corrected chi connectivity index (χ4v) is 3.82. The van der Waals surface area contributed by atoms with Gasteiger partial charge in [0.25, 0.3) is 0 Å². The molecule has 138 valence electrons. The van der Waals surface area contributed by atoms with Crippen molar-refractivity contribution in [2.75, 3.05) is 20.1 Å². The van der Waals surface area contributed by atoms with E-state index in [0.29, 0.717) is 6.54 Å². The molecule has 24 heavy (non-hydrogen) atoms. The first-order valence-corrected chi connectivity index (χ1v) is 8.75. The fraction of sp³-hybridized carbons (Fsp3) is 0.571. The van der Waals surface area contributed by atoms with Crippen molar-refractivity contribution >= 4 is 40.7 Å². The van der Waals surface area contributed by atoms with Gasteiger partial charge in [-0.2, -0.15) is 4.31 Å². The Morgan fingerprint density at radius 3 is 2.71 bits per heavy atom. The van der Waals surface area contributed by atoms with E-state index in [-0.39, 0.29) is 54.1 Å². The summed E-state index contributed by atoms with van der Waals surface area (Å²) in [5.74, 6) is -0.0236. The molecule has 1 aromatic rings. The molecular formula is C14H24Cl2N4O3S. The van der Waals surface area contributed by atoms with Crippen LogP contribution in [0, 0.1) is 5.92 Å². The van der Waals surface area contributed by atoms with Gasteiger partial charge in [0.1, 0.15) is 4.90 Å². The lowest BCUT2D eigenvalue weighted by atomic mass is 10.0. The third-order valence-electron chi connectivity index (χ3n) is 4.02. The third kappa shape index (κ3) is 5.56. The predicted octanol–water partition coefficient (Wildman–Crippen LogP) is 0.789. The van der Waals surface area contributed by atoms with E-state index in [9.17, 15) is 13.2 Å². The monoisotopic (exact) mass is 398 g/mol. The van der Waals surface area contributed by atoms with Gasteiger partial charge in [0.2, 0.25) is 15.9 Å². The molecule has 2 rings (SSSR count). The van der Waals surface area contributed by atoms with E-state index in [1.807, 2.05) is 0 Å². The highest BCUT2D eigenvalue weighted by molar-refractivity contribution is 7.89. The second-order valence-corrected chi connectivity index (χ2v) is 7.60. The molecule has 10 heteroatoms. The Kier molecular flexibility index (Phi) is 9.76. The number of rotatable bonds is 6. The van der Waals surface area contributed by atoms with Crippen LogP contribution in [-0.2, 0) is 14.8 Å². The topological polar surface area (TPSA) is 105 Å². The van der Waals surface area contributed by atoms with E-state index in [0.717, 1.165) is 23.6 Å². The number of sulfonamides is 1. The number of hydrogen-bond donors (Lipinski definition) is 2. The molecule has 0 spiro atoms. The lowest BCUT2D eigenvalue weighted by Crippen LogP contribution is -2.45. The summed E-state index contributed by atoms with van der Waals surface area (Å²) in [5.41, 5.74) is 5.68. The minimum Gasteiger partial charge on any atom is -0.352 e. The third-order valence-corrected chi connectivity index (χ3v) is 5.80. The number of hydrogen-bond acceptors (Lipinski definition) is 5. The van der Waals surface area contributed by atoms with E-state index < -0.39 is 10.0 Å². The molecule has 1 aliphatic carbocycles. The molecule has 0 aliphatic heterocycles. The molecule has 0 saturated heterocycles. The number of nitrogens with two attached hydrogens (primary N) is 1. The van der Waals surface area contributed by atoms with Gasteiger partial charge in [0, 0.05) is 25.5 Å². The van der Waals surface area contributed by atoms with E-state index in [1.54, 1.807) is 6.07 Å². The summed E-state index contributed by atoms with van der Waals surface area (Å²) in [7, 11) is -2.32. The maximum atomic E-state index is 12.3. The Bertz CT molecular complexity index is 616. The number of carbonyl (C=O) groups is 1. The Hall–Kier alpha value is -0.930. The van der Waals surface area contributed by atoms with E-state index in [2.05, 4.69) is 10.3 Å². The van der Waals surface area contributed by atoms with Crippen molar-refractivity contribution < 1.29 is 13.2 Å². The molecule has 7 nitrogen and oxygen atoms in total. The summed E-state index contributed by atoms with van der Waals surface area (Å²) in [6.07, 6.45) is 5.71. The van der Waals surface area contributed by atoms with Gasteiger partial charge in [0.05, 0.1) is 6.54 Å². The van der Waals surface area contributed by atoms with Gasteiger partial charge in [-0.3, -0.25) is 9.78 Å². The normalized spacial score (nSPS) is 20.1. The van der Waals surface area contributed by atoms with Crippen LogP contribution in [0.1, 0.15) is 19.3 Å². The SMILES string of the molecule is CN(CC(=O)NC1CCCC1CN)S(=O)(=O)c1cccnc1.Cl.Cl. The van der Waals surface area contributed by atoms with E-state index >= 15 is 0 Å². The van der Waals surface area contributed by atoms with Crippen molar-refractivity contribution in [3.63, 3.8) is 0 Å². The summed E-state index contributed by atoms with van der Waals surface area (Å²) in [5, 5.41) is 2.89. The average Bonchev–Trinajstić information content (AvgIpc) is 2.95. The Morgan fingerprint density at radius 1 is 1.42 bits per heavy atom. The van der Waals surface area contributed by atoms with Gasteiger partial charge in [0.15, 0.2) is 0 Å². The lowest BCUT2D eigenvalue weighted by Gasteiger charge is -2.22. The standard InChI is InChI=1S/C14H22N4O3S.2ClH/c1-18(22(20,21)12-5-3-7-16-9-12)10-14(19)17-13-6-2-4-11(13)8-15;;/h3,5,7,9,11,13H,2,4,6,8,10,15H2,1H3,(H,17,19);2*1H. The molecule has 0 radical (unpaired) electrons. The largest absolute Gasteiger partial charge is 0.352 e. The van der Waals surface area contributed by atoms with Gasteiger partial charge >= 0.3 is 0 Å². The molecule has 2 unspecified atom stereocenters.